The molecule has 6 heteroatoms. The number of rotatable bonds is 5. The Balaban J connectivity index is 0.00000242. The van der Waals surface area contributed by atoms with Gasteiger partial charge in [-0.15, -0.1) is 9.24 Å². The molecule has 1 unspecified atom stereocenters. The van der Waals surface area contributed by atoms with Crippen molar-refractivity contribution in [3.05, 3.63) is 47.5 Å². The molecule has 0 spiro atoms. The van der Waals surface area contributed by atoms with Crippen molar-refractivity contribution in [3.8, 4) is 17.2 Å². The summed E-state index contributed by atoms with van der Waals surface area (Å²) in [5.74, 6) is 1.25. The van der Waals surface area contributed by atoms with Crippen molar-refractivity contribution in [2.75, 3.05) is 21.3 Å². The van der Waals surface area contributed by atoms with Gasteiger partial charge in [0.2, 0.25) is 5.78 Å². The Morgan fingerprint density at radius 1 is 0.955 bits per heavy atom. The molecule has 0 radical (unpaired) electrons. The molecule has 0 amide bonds. The van der Waals surface area contributed by atoms with Gasteiger partial charge in [0.25, 0.3) is 0 Å². The van der Waals surface area contributed by atoms with Gasteiger partial charge in [0.15, 0.2) is 0 Å². The number of ketones is 1. The Hall–Kier alpha value is -1.46. The van der Waals surface area contributed by atoms with Gasteiger partial charge >= 0.3 is 18.9 Å². The summed E-state index contributed by atoms with van der Waals surface area (Å²) < 4.78 is 15.8. The number of hydrogen-bond acceptors (Lipinski definition) is 4. The van der Waals surface area contributed by atoms with Gasteiger partial charge in [0.05, 0.1) is 21.3 Å². The molecular formula is C16H18LiO4P. The van der Waals surface area contributed by atoms with Crippen molar-refractivity contribution in [3.63, 3.8) is 0 Å². The quantitative estimate of drug-likeness (QED) is 0.480. The molecule has 0 aliphatic heterocycles. The Kier molecular flexibility index (Phi) is 6.96. The van der Waals surface area contributed by atoms with Crippen LogP contribution in [0.1, 0.15) is 15.9 Å². The zero-order valence-corrected chi connectivity index (χ0v) is 13.3. The molecule has 0 aliphatic rings. The van der Waals surface area contributed by atoms with E-state index in [4.69, 9.17) is 14.2 Å². The van der Waals surface area contributed by atoms with E-state index in [0.717, 1.165) is 5.30 Å². The minimum atomic E-state index is -0.156. The van der Waals surface area contributed by atoms with Gasteiger partial charge in [0.1, 0.15) is 22.8 Å². The summed E-state index contributed by atoms with van der Waals surface area (Å²) in [4.78, 5) is 12.8. The molecule has 2 aromatic carbocycles. The van der Waals surface area contributed by atoms with Gasteiger partial charge in [-0.25, -0.2) is 0 Å². The van der Waals surface area contributed by atoms with E-state index in [-0.39, 0.29) is 24.6 Å². The van der Waals surface area contributed by atoms with Gasteiger partial charge in [-0.3, -0.25) is 4.79 Å². The average Bonchev–Trinajstić information content (AvgIpc) is 2.53. The number of benzene rings is 2. The number of hydrogen-bond donors (Lipinski definition) is 0. The SMILES string of the molecule is COc1cc(OC)c(C(=O)c2ccccc2P)c(OC)c1.[LiH]. The van der Waals surface area contributed by atoms with Crippen LogP contribution in [0.15, 0.2) is 36.4 Å². The summed E-state index contributed by atoms with van der Waals surface area (Å²) in [6.45, 7) is 0. The van der Waals surface area contributed by atoms with E-state index in [1.807, 2.05) is 18.2 Å². The topological polar surface area (TPSA) is 44.8 Å². The third-order valence-electron chi connectivity index (χ3n) is 3.15. The van der Waals surface area contributed by atoms with Gasteiger partial charge in [0, 0.05) is 17.7 Å². The molecule has 4 nitrogen and oxygen atoms in total. The van der Waals surface area contributed by atoms with E-state index in [2.05, 4.69) is 9.24 Å². The predicted molar refractivity (Wildman–Crippen MR) is 92.5 cm³/mol. The third-order valence-corrected chi connectivity index (χ3v) is 3.65. The molecule has 0 saturated heterocycles. The summed E-state index contributed by atoms with van der Waals surface area (Å²) in [7, 11) is 7.13. The van der Waals surface area contributed by atoms with Crippen LogP contribution >= 0.6 is 9.24 Å². The summed E-state index contributed by atoms with van der Waals surface area (Å²) in [6.07, 6.45) is 0. The summed E-state index contributed by atoms with van der Waals surface area (Å²) in [5, 5.41) is 0.822. The molecule has 0 N–H and O–H groups in total. The van der Waals surface area contributed by atoms with Crippen LogP contribution < -0.4 is 19.5 Å². The number of carbonyl (C=O) groups excluding carboxylic acids is 1. The van der Waals surface area contributed by atoms with Crippen LogP contribution in [0.3, 0.4) is 0 Å². The molecule has 0 fully saturated rings. The van der Waals surface area contributed by atoms with E-state index >= 15 is 0 Å². The Labute approximate surface area is 144 Å². The molecule has 2 aromatic rings. The second kappa shape index (κ2) is 8.24. The minimum absolute atomic E-state index is 0. The van der Waals surface area contributed by atoms with Crippen molar-refractivity contribution in [2.24, 2.45) is 0 Å². The van der Waals surface area contributed by atoms with Crippen LogP contribution in [0.2, 0.25) is 0 Å². The number of carbonyl (C=O) groups is 1. The molecule has 0 bridgehead atoms. The first-order valence-corrected chi connectivity index (χ1v) is 6.89. The van der Waals surface area contributed by atoms with Crippen molar-refractivity contribution >= 4 is 39.2 Å². The van der Waals surface area contributed by atoms with Crippen molar-refractivity contribution < 1.29 is 19.0 Å². The monoisotopic (exact) mass is 312 g/mol. The zero-order chi connectivity index (χ0) is 15.4. The van der Waals surface area contributed by atoms with Gasteiger partial charge in [-0.2, -0.15) is 0 Å². The van der Waals surface area contributed by atoms with Gasteiger partial charge in [-0.05, 0) is 5.30 Å². The zero-order valence-electron chi connectivity index (χ0n) is 12.2. The summed E-state index contributed by atoms with van der Waals surface area (Å²) in [5.41, 5.74) is 0.972. The van der Waals surface area contributed by atoms with Crippen LogP contribution in [0.5, 0.6) is 17.2 Å². The fraction of sp³-hybridized carbons (Fsp3) is 0.188. The van der Waals surface area contributed by atoms with Crippen LogP contribution in [-0.4, -0.2) is 46.0 Å². The van der Waals surface area contributed by atoms with E-state index < -0.39 is 0 Å². The van der Waals surface area contributed by atoms with Crippen LogP contribution in [-0.2, 0) is 0 Å². The second-order valence-electron chi connectivity index (χ2n) is 4.32. The normalized spacial score (nSPS) is 9.64. The average molecular weight is 312 g/mol. The molecule has 112 valence electrons. The molecule has 1 atom stereocenters. The molecule has 0 heterocycles. The molecule has 0 aliphatic carbocycles. The summed E-state index contributed by atoms with van der Waals surface area (Å²) in [6, 6.07) is 10.7. The fourth-order valence-corrected chi connectivity index (χ4v) is 2.41. The van der Waals surface area contributed by atoms with Gasteiger partial charge < -0.3 is 14.2 Å². The van der Waals surface area contributed by atoms with Crippen LogP contribution in [0, 0.1) is 0 Å². The van der Waals surface area contributed by atoms with Crippen LogP contribution in [0.25, 0.3) is 0 Å². The molecule has 0 aromatic heterocycles. The first-order valence-electron chi connectivity index (χ1n) is 6.31. The Morgan fingerprint density at radius 3 is 1.95 bits per heavy atom. The van der Waals surface area contributed by atoms with E-state index in [1.54, 1.807) is 25.3 Å². The van der Waals surface area contributed by atoms with Crippen LogP contribution in [0.4, 0.5) is 0 Å². The van der Waals surface area contributed by atoms with Crippen molar-refractivity contribution in [2.45, 2.75) is 0 Å². The Bertz CT molecular complexity index is 648. The number of ether oxygens (including phenoxy) is 3. The van der Waals surface area contributed by atoms with E-state index in [9.17, 15) is 4.79 Å². The molecular weight excluding hydrogens is 294 g/mol. The van der Waals surface area contributed by atoms with Crippen molar-refractivity contribution in [1.82, 2.24) is 0 Å². The fourth-order valence-electron chi connectivity index (χ4n) is 2.07. The maximum atomic E-state index is 12.8. The molecule has 22 heavy (non-hydrogen) atoms. The van der Waals surface area contributed by atoms with Crippen molar-refractivity contribution in [1.29, 1.82) is 0 Å². The molecule has 2 rings (SSSR count). The van der Waals surface area contributed by atoms with E-state index in [0.29, 0.717) is 28.4 Å². The first kappa shape index (κ1) is 18.6. The standard InChI is InChI=1S/C16H17O4P.Li.H/c1-18-10-8-12(19-2)15(13(9-10)20-3)16(17)11-6-4-5-7-14(11)21;;/h4-9H,21H2,1-3H3;;. The van der Waals surface area contributed by atoms with Gasteiger partial charge in [-0.1, -0.05) is 24.3 Å². The summed E-state index contributed by atoms with van der Waals surface area (Å²) >= 11 is 0. The third kappa shape index (κ3) is 3.65. The predicted octanol–water partition coefficient (Wildman–Crippen LogP) is 1.80. The Morgan fingerprint density at radius 2 is 1.50 bits per heavy atom. The first-order chi connectivity index (χ1) is 10.1. The molecule has 0 saturated carbocycles. The maximum absolute atomic E-state index is 12.8. The second-order valence-corrected chi connectivity index (χ2v) is 4.95. The van der Waals surface area contributed by atoms with E-state index in [1.165, 1.54) is 14.2 Å². The number of methoxy groups -OCH3 is 3.